The van der Waals surface area contributed by atoms with Crippen molar-refractivity contribution < 1.29 is 28.4 Å². The van der Waals surface area contributed by atoms with E-state index in [1.807, 2.05) is 30.3 Å². The molecule has 1 aliphatic rings. The second-order valence-electron chi connectivity index (χ2n) is 7.89. The van der Waals surface area contributed by atoms with Gasteiger partial charge in [-0.15, -0.1) is 0 Å². The Morgan fingerprint density at radius 1 is 0.576 bits per heavy atom. The molecule has 0 spiro atoms. The number of ether oxygens (including phenoxy) is 6. The first kappa shape index (κ1) is 22.6. The van der Waals surface area contributed by atoms with Crippen LogP contribution in [0.15, 0.2) is 48.5 Å². The fourth-order valence-corrected chi connectivity index (χ4v) is 4.14. The summed E-state index contributed by atoms with van der Waals surface area (Å²) < 4.78 is 33.2. The molecule has 1 aliphatic heterocycles. The lowest BCUT2D eigenvalue weighted by Gasteiger charge is -2.16. The van der Waals surface area contributed by atoms with E-state index in [0.717, 1.165) is 76.9 Å². The lowest BCUT2D eigenvalue weighted by Crippen LogP contribution is -2.03. The van der Waals surface area contributed by atoms with Gasteiger partial charge in [0.1, 0.15) is 23.0 Å². The minimum Gasteiger partial charge on any atom is -0.497 e. The van der Waals surface area contributed by atoms with Crippen molar-refractivity contribution in [3.8, 4) is 34.5 Å². The smallest absolute Gasteiger partial charge is 0.231 e. The summed E-state index contributed by atoms with van der Waals surface area (Å²) in [6, 6.07) is 16.2. The molecule has 6 heteroatoms. The highest BCUT2D eigenvalue weighted by Crippen LogP contribution is 2.35. The van der Waals surface area contributed by atoms with Gasteiger partial charge in [-0.2, -0.15) is 0 Å². The van der Waals surface area contributed by atoms with Crippen molar-refractivity contribution in [3.05, 3.63) is 70.8 Å². The molecular formula is C27H30O6. The molecule has 0 N–H and O–H groups in total. The highest BCUT2D eigenvalue weighted by Gasteiger charge is 2.16. The summed E-state index contributed by atoms with van der Waals surface area (Å²) >= 11 is 0. The fourth-order valence-electron chi connectivity index (χ4n) is 4.14. The average Bonchev–Trinajstić information content (AvgIpc) is 3.33. The third kappa shape index (κ3) is 5.28. The lowest BCUT2D eigenvalue weighted by atomic mass is 9.97. The summed E-state index contributed by atoms with van der Waals surface area (Å²) in [6.45, 7) is 0.283. The third-order valence-corrected chi connectivity index (χ3v) is 5.87. The topological polar surface area (TPSA) is 55.4 Å². The van der Waals surface area contributed by atoms with Gasteiger partial charge in [0, 0.05) is 6.07 Å². The summed E-state index contributed by atoms with van der Waals surface area (Å²) in [5.41, 5.74) is 4.55. The van der Waals surface area contributed by atoms with Gasteiger partial charge < -0.3 is 28.4 Å². The normalized spacial score (nSPS) is 11.9. The Bertz CT molecular complexity index is 1090. The van der Waals surface area contributed by atoms with Gasteiger partial charge in [-0.3, -0.25) is 0 Å². The van der Waals surface area contributed by atoms with Gasteiger partial charge in [0.2, 0.25) is 6.79 Å². The molecule has 0 saturated heterocycles. The molecule has 0 aromatic heterocycles. The van der Waals surface area contributed by atoms with Crippen molar-refractivity contribution in [3.63, 3.8) is 0 Å². The SMILES string of the molecule is COc1cc(CCc2cc(OC)cc(CCc3ccc4c(c3)OCO4)c2OC)cc(OC)c1. The zero-order valence-electron chi connectivity index (χ0n) is 19.6. The summed E-state index contributed by atoms with van der Waals surface area (Å²) in [7, 11) is 6.75. The van der Waals surface area contributed by atoms with Crippen LogP contribution in [0.1, 0.15) is 22.3 Å². The van der Waals surface area contributed by atoms with E-state index < -0.39 is 0 Å². The average molecular weight is 451 g/mol. The van der Waals surface area contributed by atoms with Crippen LogP contribution in [0.25, 0.3) is 0 Å². The number of benzene rings is 3. The van der Waals surface area contributed by atoms with E-state index in [4.69, 9.17) is 28.4 Å². The van der Waals surface area contributed by atoms with Crippen LogP contribution in [0.4, 0.5) is 0 Å². The number of hydrogen-bond acceptors (Lipinski definition) is 6. The third-order valence-electron chi connectivity index (χ3n) is 5.87. The first-order valence-corrected chi connectivity index (χ1v) is 11.0. The van der Waals surface area contributed by atoms with Crippen LogP contribution in [-0.2, 0) is 25.7 Å². The summed E-state index contributed by atoms with van der Waals surface area (Å²) in [6.07, 6.45) is 3.29. The van der Waals surface area contributed by atoms with Crippen LogP contribution in [0.2, 0.25) is 0 Å². The molecule has 0 radical (unpaired) electrons. The van der Waals surface area contributed by atoms with Gasteiger partial charge in [-0.25, -0.2) is 0 Å². The lowest BCUT2D eigenvalue weighted by molar-refractivity contribution is 0.174. The Morgan fingerprint density at radius 3 is 1.76 bits per heavy atom. The molecule has 3 aromatic carbocycles. The van der Waals surface area contributed by atoms with Gasteiger partial charge in [-0.05, 0) is 84.3 Å². The van der Waals surface area contributed by atoms with Gasteiger partial charge in [0.25, 0.3) is 0 Å². The van der Waals surface area contributed by atoms with Crippen molar-refractivity contribution in [2.45, 2.75) is 25.7 Å². The van der Waals surface area contributed by atoms with E-state index in [1.54, 1.807) is 28.4 Å². The van der Waals surface area contributed by atoms with Crippen molar-refractivity contribution >= 4 is 0 Å². The molecule has 0 unspecified atom stereocenters. The predicted molar refractivity (Wildman–Crippen MR) is 126 cm³/mol. The van der Waals surface area contributed by atoms with E-state index in [2.05, 4.69) is 18.2 Å². The summed E-state index contributed by atoms with van der Waals surface area (Å²) in [5, 5.41) is 0. The molecule has 3 aromatic rings. The fraction of sp³-hybridized carbons (Fsp3) is 0.333. The molecule has 0 bridgehead atoms. The van der Waals surface area contributed by atoms with Gasteiger partial charge in [-0.1, -0.05) is 6.07 Å². The first-order chi connectivity index (χ1) is 16.1. The molecule has 0 atom stereocenters. The molecule has 174 valence electrons. The van der Waals surface area contributed by atoms with Gasteiger partial charge >= 0.3 is 0 Å². The summed E-state index contributed by atoms with van der Waals surface area (Å²) in [5.74, 6) is 4.91. The van der Waals surface area contributed by atoms with Gasteiger partial charge in [0.15, 0.2) is 11.5 Å². The van der Waals surface area contributed by atoms with Crippen LogP contribution in [0.5, 0.6) is 34.5 Å². The molecule has 0 aliphatic carbocycles. The maximum Gasteiger partial charge on any atom is 0.231 e. The maximum atomic E-state index is 5.87. The Morgan fingerprint density at radius 2 is 1.15 bits per heavy atom. The number of hydrogen-bond donors (Lipinski definition) is 0. The number of methoxy groups -OCH3 is 4. The van der Waals surface area contributed by atoms with Crippen LogP contribution in [0, 0.1) is 0 Å². The standard InChI is InChI=1S/C27H30O6/c1-28-22-11-19(12-23(16-22)29-2)6-9-21-15-24(30-3)14-20(27(21)31-4)8-5-18-7-10-25-26(13-18)33-17-32-25/h7,10-16H,5-6,8-9,17H2,1-4H3. The molecule has 0 fully saturated rings. The molecule has 4 rings (SSSR count). The van der Waals surface area contributed by atoms with Crippen LogP contribution in [0.3, 0.4) is 0 Å². The molecule has 1 heterocycles. The predicted octanol–water partition coefficient (Wildman–Crippen LogP) is 5.02. The second kappa shape index (κ2) is 10.4. The molecule has 6 nitrogen and oxygen atoms in total. The Balaban J connectivity index is 1.54. The molecule has 0 saturated carbocycles. The Hall–Kier alpha value is -3.54. The summed E-state index contributed by atoms with van der Waals surface area (Å²) in [4.78, 5) is 0. The van der Waals surface area contributed by atoms with E-state index in [9.17, 15) is 0 Å². The van der Waals surface area contributed by atoms with Crippen LogP contribution < -0.4 is 28.4 Å². The van der Waals surface area contributed by atoms with E-state index in [1.165, 1.54) is 5.56 Å². The Labute approximate surface area is 195 Å². The van der Waals surface area contributed by atoms with Crippen LogP contribution in [-0.4, -0.2) is 35.2 Å². The second-order valence-corrected chi connectivity index (χ2v) is 7.89. The number of aryl methyl sites for hydroxylation is 4. The highest BCUT2D eigenvalue weighted by molar-refractivity contribution is 5.49. The van der Waals surface area contributed by atoms with Crippen molar-refractivity contribution in [1.82, 2.24) is 0 Å². The number of rotatable bonds is 10. The monoisotopic (exact) mass is 450 g/mol. The zero-order valence-corrected chi connectivity index (χ0v) is 19.6. The maximum absolute atomic E-state index is 5.87. The largest absolute Gasteiger partial charge is 0.497 e. The van der Waals surface area contributed by atoms with Crippen LogP contribution >= 0.6 is 0 Å². The minimum absolute atomic E-state index is 0.283. The quantitative estimate of drug-likeness (QED) is 0.432. The van der Waals surface area contributed by atoms with Crippen molar-refractivity contribution in [1.29, 1.82) is 0 Å². The van der Waals surface area contributed by atoms with E-state index in [0.29, 0.717) is 0 Å². The van der Waals surface area contributed by atoms with E-state index in [-0.39, 0.29) is 6.79 Å². The minimum atomic E-state index is 0.283. The first-order valence-electron chi connectivity index (χ1n) is 11.0. The zero-order chi connectivity index (χ0) is 23.2. The molecule has 33 heavy (non-hydrogen) atoms. The van der Waals surface area contributed by atoms with E-state index >= 15 is 0 Å². The molecule has 0 amide bonds. The highest BCUT2D eigenvalue weighted by atomic mass is 16.7. The molecular weight excluding hydrogens is 420 g/mol. The Kier molecular flexibility index (Phi) is 7.13. The van der Waals surface area contributed by atoms with Crippen molar-refractivity contribution in [2.75, 3.05) is 35.2 Å². The number of fused-ring (bicyclic) bond motifs is 1. The van der Waals surface area contributed by atoms with Crippen molar-refractivity contribution in [2.24, 2.45) is 0 Å². The van der Waals surface area contributed by atoms with Gasteiger partial charge in [0.05, 0.1) is 28.4 Å².